The average Bonchev–Trinajstić information content (AvgIpc) is 3.20. The van der Waals surface area contributed by atoms with Crippen molar-refractivity contribution in [3.05, 3.63) is 18.2 Å². The first kappa shape index (κ1) is 20.6. The van der Waals surface area contributed by atoms with Crippen LogP contribution in [0.1, 0.15) is 32.1 Å². The van der Waals surface area contributed by atoms with Crippen LogP contribution in [0.2, 0.25) is 0 Å². The Kier molecular flexibility index (Phi) is 8.93. The lowest BCUT2D eigenvalue weighted by atomic mass is 10.4. The van der Waals surface area contributed by atoms with E-state index in [4.69, 9.17) is 0 Å². The first-order valence-electron chi connectivity index (χ1n) is 7.71. The van der Waals surface area contributed by atoms with Crippen LogP contribution in [0.4, 0.5) is 8.78 Å². The van der Waals surface area contributed by atoms with E-state index in [1.807, 2.05) is 6.92 Å². The molecule has 1 aromatic rings. The fourth-order valence-electron chi connectivity index (χ4n) is 2.37. The number of carbonyl (C=O) groups excluding carboxylic acids is 1. The van der Waals surface area contributed by atoms with Crippen molar-refractivity contribution in [3.63, 3.8) is 0 Å². The Hall–Kier alpha value is -1.46. The number of amides is 1. The molecule has 0 radical (unpaired) electrons. The third-order valence-corrected chi connectivity index (χ3v) is 3.55. The van der Waals surface area contributed by atoms with Crippen molar-refractivity contribution in [2.45, 2.75) is 32.9 Å². The first-order chi connectivity index (χ1) is 11.1. The van der Waals surface area contributed by atoms with Crippen LogP contribution < -0.4 is 10.6 Å². The summed E-state index contributed by atoms with van der Waals surface area (Å²) in [5, 5.41) is 5.91. The summed E-state index contributed by atoms with van der Waals surface area (Å²) in [5.41, 5.74) is 0. The SMILES string of the molecule is CCNC(=NCc1nccn1C(F)F)NCC(=O)N1CCCC1.I. The minimum absolute atomic E-state index is 0. The molecule has 136 valence electrons. The van der Waals surface area contributed by atoms with E-state index in [-0.39, 0.29) is 48.8 Å². The van der Waals surface area contributed by atoms with E-state index in [1.165, 1.54) is 12.4 Å². The van der Waals surface area contributed by atoms with Crippen LogP contribution in [0.25, 0.3) is 0 Å². The van der Waals surface area contributed by atoms with Gasteiger partial charge in [0, 0.05) is 32.0 Å². The van der Waals surface area contributed by atoms with Crippen LogP contribution in [0.5, 0.6) is 0 Å². The lowest BCUT2D eigenvalue weighted by Gasteiger charge is -2.17. The maximum atomic E-state index is 12.8. The fraction of sp³-hybridized carbons (Fsp3) is 0.643. The second kappa shape index (κ2) is 10.4. The number of rotatable bonds is 6. The zero-order chi connectivity index (χ0) is 16.7. The number of hydrogen-bond donors (Lipinski definition) is 2. The number of aromatic nitrogens is 2. The minimum Gasteiger partial charge on any atom is -0.357 e. The molecule has 2 rings (SSSR count). The largest absolute Gasteiger partial charge is 0.357 e. The summed E-state index contributed by atoms with van der Waals surface area (Å²) in [6.45, 7) is 1.57. The standard InChI is InChI=1S/C14H22F2N6O.HI/c1-2-17-14(20-10-12(23)21-6-3-4-7-21)19-9-11-18-5-8-22(11)13(15)16;/h5,8,13H,2-4,6-7,9-10H2,1H3,(H2,17,19,20);1H. The van der Waals surface area contributed by atoms with E-state index in [0.717, 1.165) is 30.5 Å². The van der Waals surface area contributed by atoms with Crippen molar-refractivity contribution in [2.75, 3.05) is 26.2 Å². The molecular formula is C14H23F2IN6O. The van der Waals surface area contributed by atoms with Gasteiger partial charge in [-0.2, -0.15) is 8.78 Å². The Labute approximate surface area is 156 Å². The molecule has 1 aliphatic rings. The third-order valence-electron chi connectivity index (χ3n) is 3.55. The zero-order valence-corrected chi connectivity index (χ0v) is 15.9. The average molecular weight is 456 g/mol. The molecule has 2 heterocycles. The van der Waals surface area contributed by atoms with Gasteiger partial charge in [0.05, 0.1) is 6.54 Å². The number of nitrogens with one attached hydrogen (secondary N) is 2. The Morgan fingerprint density at radius 1 is 1.38 bits per heavy atom. The van der Waals surface area contributed by atoms with Gasteiger partial charge in [0.2, 0.25) is 5.91 Å². The van der Waals surface area contributed by atoms with Crippen LogP contribution in [-0.2, 0) is 11.3 Å². The quantitative estimate of drug-likeness (QED) is 0.388. The van der Waals surface area contributed by atoms with Crippen molar-refractivity contribution >= 4 is 35.8 Å². The van der Waals surface area contributed by atoms with Gasteiger partial charge in [-0.15, -0.1) is 24.0 Å². The van der Waals surface area contributed by atoms with Crippen molar-refractivity contribution < 1.29 is 13.6 Å². The molecule has 1 aromatic heterocycles. The lowest BCUT2D eigenvalue weighted by molar-refractivity contribution is -0.128. The second-order valence-corrected chi connectivity index (χ2v) is 5.17. The normalized spacial score (nSPS) is 14.7. The molecule has 1 aliphatic heterocycles. The molecule has 0 aromatic carbocycles. The van der Waals surface area contributed by atoms with Crippen molar-refractivity contribution in [2.24, 2.45) is 4.99 Å². The van der Waals surface area contributed by atoms with E-state index in [1.54, 1.807) is 4.90 Å². The number of nitrogens with zero attached hydrogens (tertiary/aromatic N) is 4. The molecule has 0 spiro atoms. The molecule has 7 nitrogen and oxygen atoms in total. The smallest absolute Gasteiger partial charge is 0.319 e. The highest BCUT2D eigenvalue weighted by molar-refractivity contribution is 14.0. The Morgan fingerprint density at radius 3 is 2.71 bits per heavy atom. The lowest BCUT2D eigenvalue weighted by Crippen LogP contribution is -2.44. The Bertz CT molecular complexity index is 545. The molecule has 10 heteroatoms. The molecule has 24 heavy (non-hydrogen) atoms. The summed E-state index contributed by atoms with van der Waals surface area (Å²) in [5.74, 6) is 0.592. The van der Waals surface area contributed by atoms with Gasteiger partial charge in [-0.3, -0.25) is 9.36 Å². The summed E-state index contributed by atoms with van der Waals surface area (Å²) in [7, 11) is 0. The van der Waals surface area contributed by atoms with Gasteiger partial charge in [0.1, 0.15) is 12.4 Å². The van der Waals surface area contributed by atoms with Gasteiger partial charge < -0.3 is 15.5 Å². The van der Waals surface area contributed by atoms with Gasteiger partial charge in [-0.1, -0.05) is 0 Å². The van der Waals surface area contributed by atoms with Crippen molar-refractivity contribution in [3.8, 4) is 0 Å². The number of alkyl halides is 2. The topological polar surface area (TPSA) is 74.5 Å². The van der Waals surface area contributed by atoms with Gasteiger partial charge >= 0.3 is 6.55 Å². The predicted octanol–water partition coefficient (Wildman–Crippen LogP) is 1.57. The van der Waals surface area contributed by atoms with E-state index in [9.17, 15) is 13.6 Å². The van der Waals surface area contributed by atoms with E-state index < -0.39 is 6.55 Å². The van der Waals surface area contributed by atoms with Crippen LogP contribution in [-0.4, -0.2) is 52.5 Å². The number of hydrogen-bond acceptors (Lipinski definition) is 3. The molecular weight excluding hydrogens is 433 g/mol. The first-order valence-corrected chi connectivity index (χ1v) is 7.71. The summed E-state index contributed by atoms with van der Waals surface area (Å²) in [4.78, 5) is 21.9. The highest BCUT2D eigenvalue weighted by Gasteiger charge is 2.17. The van der Waals surface area contributed by atoms with Crippen LogP contribution in [0.15, 0.2) is 17.4 Å². The molecule has 0 bridgehead atoms. The van der Waals surface area contributed by atoms with Crippen LogP contribution in [0, 0.1) is 0 Å². The summed E-state index contributed by atoms with van der Waals surface area (Å²) in [6.07, 6.45) is 4.60. The molecule has 1 fully saturated rings. The molecule has 0 aliphatic carbocycles. The number of halogens is 3. The number of aliphatic imine (C=N–C) groups is 1. The Morgan fingerprint density at radius 2 is 2.08 bits per heavy atom. The van der Waals surface area contributed by atoms with Crippen LogP contribution in [0.3, 0.4) is 0 Å². The van der Waals surface area contributed by atoms with Gasteiger partial charge in [-0.25, -0.2) is 9.98 Å². The number of guanidine groups is 1. The number of carbonyl (C=O) groups is 1. The maximum Gasteiger partial charge on any atom is 0.319 e. The van der Waals surface area contributed by atoms with E-state index in [0.29, 0.717) is 12.5 Å². The molecule has 0 atom stereocenters. The monoisotopic (exact) mass is 456 g/mol. The fourth-order valence-corrected chi connectivity index (χ4v) is 2.37. The molecule has 0 saturated carbocycles. The zero-order valence-electron chi connectivity index (χ0n) is 13.5. The van der Waals surface area contributed by atoms with Crippen molar-refractivity contribution in [1.29, 1.82) is 0 Å². The number of likely N-dealkylation sites (tertiary alicyclic amines) is 1. The van der Waals surface area contributed by atoms with Gasteiger partial charge in [0.15, 0.2) is 5.96 Å². The predicted molar refractivity (Wildman–Crippen MR) is 97.5 cm³/mol. The highest BCUT2D eigenvalue weighted by Crippen LogP contribution is 2.12. The summed E-state index contributed by atoms with van der Waals surface area (Å²) >= 11 is 0. The van der Waals surface area contributed by atoms with Crippen LogP contribution >= 0.6 is 24.0 Å². The number of imidazole rings is 1. The second-order valence-electron chi connectivity index (χ2n) is 5.17. The van der Waals surface area contributed by atoms with Gasteiger partial charge in [-0.05, 0) is 19.8 Å². The van der Waals surface area contributed by atoms with E-state index in [2.05, 4.69) is 20.6 Å². The maximum absolute atomic E-state index is 12.8. The molecule has 0 unspecified atom stereocenters. The molecule has 1 amide bonds. The Balaban J connectivity index is 0.00000288. The molecule has 2 N–H and O–H groups in total. The summed E-state index contributed by atoms with van der Waals surface area (Å²) < 4.78 is 26.3. The van der Waals surface area contributed by atoms with Gasteiger partial charge in [0.25, 0.3) is 0 Å². The minimum atomic E-state index is -2.64. The molecule has 1 saturated heterocycles. The summed E-state index contributed by atoms with van der Waals surface area (Å²) in [6, 6.07) is 0. The van der Waals surface area contributed by atoms with Crippen molar-refractivity contribution in [1.82, 2.24) is 25.1 Å². The highest BCUT2D eigenvalue weighted by atomic mass is 127. The van der Waals surface area contributed by atoms with E-state index >= 15 is 0 Å². The third kappa shape index (κ3) is 5.87.